The highest BCUT2D eigenvalue weighted by Gasteiger charge is 2.86. The van der Waals surface area contributed by atoms with E-state index in [1.807, 2.05) is 0 Å². The smallest absolute Gasteiger partial charge is 0.416 e. The first-order chi connectivity index (χ1) is 18.0. The number of alkyl halides is 8. The Morgan fingerprint density at radius 2 is 1.65 bits per heavy atom. The molecule has 2 heterocycles. The molecular weight excluding hydrogens is 625 g/mol. The monoisotopic (exact) mass is 641 g/mol. The van der Waals surface area contributed by atoms with Gasteiger partial charge in [0.15, 0.2) is 11.1 Å². The highest BCUT2D eigenvalue weighted by molar-refractivity contribution is 6.38. The average Bonchev–Trinajstić information content (AvgIpc) is 3.13. The molecule has 0 bridgehead atoms. The van der Waals surface area contributed by atoms with Crippen LogP contribution in [0.1, 0.15) is 36.1 Å². The predicted molar refractivity (Wildman–Crippen MR) is 129 cm³/mol. The van der Waals surface area contributed by atoms with E-state index in [0.717, 1.165) is 12.8 Å². The Bertz CT molecular complexity index is 1330. The van der Waals surface area contributed by atoms with Crippen molar-refractivity contribution in [2.75, 3.05) is 31.1 Å². The molecule has 7 nitrogen and oxygen atoms in total. The second-order valence-electron chi connectivity index (χ2n) is 9.12. The molecule has 1 saturated heterocycles. The summed E-state index contributed by atoms with van der Waals surface area (Å²) in [7, 11) is 0. The molecule has 1 aliphatic carbocycles. The van der Waals surface area contributed by atoms with Gasteiger partial charge in [-0.25, -0.2) is 18.3 Å². The van der Waals surface area contributed by atoms with Gasteiger partial charge in [0.1, 0.15) is 17.6 Å². The topological polar surface area (TPSA) is 85.4 Å². The van der Waals surface area contributed by atoms with Crippen LogP contribution in [0.3, 0.4) is 0 Å². The molecule has 1 atom stereocenters. The fourth-order valence-electron chi connectivity index (χ4n) is 4.77. The Labute approximate surface area is 237 Å². The molecule has 2 aromatic rings. The van der Waals surface area contributed by atoms with Crippen LogP contribution < -0.4 is 4.90 Å². The minimum atomic E-state index is -5.67. The summed E-state index contributed by atoms with van der Waals surface area (Å²) in [5.41, 5.74) is -8.69. The van der Waals surface area contributed by atoms with Gasteiger partial charge in [-0.2, -0.15) is 36.7 Å². The first kappa shape index (κ1) is 32.0. The maximum Gasteiger partial charge on any atom is 0.416 e. The summed E-state index contributed by atoms with van der Waals surface area (Å²) in [6, 6.07) is 2.01. The molecule has 2 aliphatic rings. The van der Waals surface area contributed by atoms with Crippen molar-refractivity contribution in [1.29, 1.82) is 5.26 Å². The van der Waals surface area contributed by atoms with Gasteiger partial charge < -0.3 is 10.0 Å². The molecular formula is C22H18Cl3F8N5O2. The van der Waals surface area contributed by atoms with Crippen LogP contribution in [-0.4, -0.2) is 64.2 Å². The zero-order chi connectivity index (χ0) is 29.1. The van der Waals surface area contributed by atoms with Crippen molar-refractivity contribution >= 4 is 47.5 Å². The third-order valence-corrected chi connectivity index (χ3v) is 7.32. The second-order valence-corrected chi connectivity index (χ2v) is 9.94. The highest BCUT2D eigenvalue weighted by Crippen LogP contribution is 2.71. The van der Waals surface area contributed by atoms with Crippen molar-refractivity contribution < 1.29 is 45.0 Å². The van der Waals surface area contributed by atoms with Gasteiger partial charge in [-0.3, -0.25) is 4.90 Å². The van der Waals surface area contributed by atoms with Gasteiger partial charge in [0.25, 0.3) is 5.92 Å². The summed E-state index contributed by atoms with van der Waals surface area (Å²) in [5.74, 6) is -5.55. The lowest BCUT2D eigenvalue weighted by atomic mass is 9.93. The maximum atomic E-state index is 14.6. The summed E-state index contributed by atoms with van der Waals surface area (Å²) in [6.45, 7) is 0.519. The van der Waals surface area contributed by atoms with Crippen molar-refractivity contribution in [3.8, 4) is 11.8 Å². The third-order valence-electron chi connectivity index (χ3n) is 6.75. The zero-order valence-corrected chi connectivity index (χ0v) is 22.2. The minimum Gasteiger partial charge on any atom is -0.465 e. The number of amides is 1. The number of nitrogens with zero attached hydrogens (tertiary/aromatic N) is 5. The molecule has 40 heavy (non-hydrogen) atoms. The predicted octanol–water partition coefficient (Wildman–Crippen LogP) is 6.91. The molecule has 1 amide bonds. The van der Waals surface area contributed by atoms with Gasteiger partial charge in [0, 0.05) is 19.5 Å². The molecule has 4 rings (SSSR count). The van der Waals surface area contributed by atoms with Crippen LogP contribution in [0.15, 0.2) is 12.1 Å². The summed E-state index contributed by atoms with van der Waals surface area (Å²) in [4.78, 5) is 14.4. The summed E-state index contributed by atoms with van der Waals surface area (Å²) < 4.78 is 112. The number of halogens is 11. The highest BCUT2D eigenvalue weighted by atomic mass is 35.5. The van der Waals surface area contributed by atoms with Gasteiger partial charge in [-0.1, -0.05) is 23.2 Å². The molecule has 0 spiro atoms. The van der Waals surface area contributed by atoms with Crippen LogP contribution in [0.5, 0.6) is 0 Å². The Morgan fingerprint density at radius 1 is 1.12 bits per heavy atom. The zero-order valence-electron chi connectivity index (χ0n) is 19.9. The number of rotatable bonds is 6. The van der Waals surface area contributed by atoms with Crippen molar-refractivity contribution in [2.24, 2.45) is 0 Å². The summed E-state index contributed by atoms with van der Waals surface area (Å²) in [6.07, 6.45) is -12.8. The van der Waals surface area contributed by atoms with Crippen LogP contribution >= 0.6 is 35.6 Å². The molecule has 2 fully saturated rings. The number of benzene rings is 1. The van der Waals surface area contributed by atoms with Gasteiger partial charge in [0.2, 0.25) is 0 Å². The summed E-state index contributed by atoms with van der Waals surface area (Å²) in [5, 5.41) is 21.6. The first-order valence-electron chi connectivity index (χ1n) is 11.2. The van der Waals surface area contributed by atoms with E-state index in [2.05, 4.69) is 5.10 Å². The largest absolute Gasteiger partial charge is 0.465 e. The van der Waals surface area contributed by atoms with Crippen LogP contribution in [0, 0.1) is 11.3 Å². The van der Waals surface area contributed by atoms with Crippen LogP contribution in [-0.2, 0) is 11.6 Å². The molecule has 1 saturated carbocycles. The number of nitriles is 1. The Balaban J connectivity index is 0.00000441. The van der Waals surface area contributed by atoms with Crippen molar-refractivity contribution in [3.05, 3.63) is 39.0 Å². The number of carboxylic acid groups (broad SMARTS) is 1. The molecule has 1 unspecified atom stereocenters. The molecule has 220 valence electrons. The van der Waals surface area contributed by atoms with Crippen LogP contribution in [0.2, 0.25) is 10.0 Å². The quantitative estimate of drug-likeness (QED) is 0.346. The van der Waals surface area contributed by atoms with Gasteiger partial charge >= 0.3 is 18.4 Å². The van der Waals surface area contributed by atoms with E-state index in [0.29, 0.717) is 34.8 Å². The van der Waals surface area contributed by atoms with Crippen molar-refractivity contribution in [2.45, 2.75) is 43.0 Å². The van der Waals surface area contributed by atoms with Crippen LogP contribution in [0.25, 0.3) is 5.69 Å². The van der Waals surface area contributed by atoms with Crippen molar-refractivity contribution in [1.82, 2.24) is 14.7 Å². The number of hydrogen-bond acceptors (Lipinski definition) is 4. The molecule has 18 heteroatoms. The normalized spacial score (nSPS) is 20.6. The number of hydrogen-bond donors (Lipinski definition) is 1. The fourth-order valence-corrected chi connectivity index (χ4v) is 5.41. The van der Waals surface area contributed by atoms with Crippen LogP contribution in [0.4, 0.5) is 45.7 Å². The number of aromatic nitrogens is 2. The van der Waals surface area contributed by atoms with E-state index in [4.69, 9.17) is 23.2 Å². The van der Waals surface area contributed by atoms with E-state index in [-0.39, 0.29) is 19.0 Å². The Morgan fingerprint density at radius 3 is 2.05 bits per heavy atom. The molecule has 1 aromatic carbocycles. The Hall–Kier alpha value is -2.54. The second kappa shape index (κ2) is 10.7. The van der Waals surface area contributed by atoms with Gasteiger partial charge in [0.05, 0.1) is 21.2 Å². The number of carbonyl (C=O) groups is 1. The lowest BCUT2D eigenvalue weighted by Crippen LogP contribution is -2.41. The lowest BCUT2D eigenvalue weighted by molar-refractivity contribution is -0.182. The van der Waals surface area contributed by atoms with E-state index in [1.165, 1.54) is 6.07 Å². The average molecular weight is 643 g/mol. The minimum absolute atomic E-state index is 0. The Kier molecular flexibility index (Phi) is 8.55. The molecule has 1 N–H and O–H groups in total. The fraction of sp³-hybridized carbons (Fsp3) is 0.500. The van der Waals surface area contributed by atoms with E-state index >= 15 is 0 Å². The van der Waals surface area contributed by atoms with E-state index in [1.54, 1.807) is 4.90 Å². The lowest BCUT2D eigenvalue weighted by Gasteiger charge is -2.28. The van der Waals surface area contributed by atoms with Gasteiger partial charge in [-0.15, -0.1) is 12.4 Å². The number of anilines is 1. The third kappa shape index (κ3) is 5.26. The van der Waals surface area contributed by atoms with E-state index in [9.17, 15) is 50.3 Å². The maximum absolute atomic E-state index is 14.6. The molecule has 1 aliphatic heterocycles. The number of likely N-dealkylation sites (tertiary alicyclic amines) is 1. The first-order valence-corrected chi connectivity index (χ1v) is 12.0. The summed E-state index contributed by atoms with van der Waals surface area (Å²) >= 11 is 12.0. The van der Waals surface area contributed by atoms with Gasteiger partial charge in [-0.05, 0) is 38.1 Å². The SMILES string of the molecule is Cl.N#Cc1nn(-c2c(Cl)cc(C(F)(F)F)cc2Cl)c(N(CCN2CCCC2)C(=O)O)c1C1(C(F)(F)F)CC1(F)F. The van der Waals surface area contributed by atoms with Crippen molar-refractivity contribution in [3.63, 3.8) is 0 Å². The molecule has 1 aromatic heterocycles. The van der Waals surface area contributed by atoms with E-state index < -0.39 is 81.1 Å². The standard InChI is InChI=1S/C22H17Cl2F8N5O2.ClH/c23-12-7-11(21(27,28)29)8-13(24)16(12)37-17(36(18(38)39)6-5-35-3-1-2-4-35)15(14(9-33)34-37)19(22(30,31)32)10-20(19,25)26;/h7-8H,1-6,10H2,(H,38,39);1H. The molecule has 0 radical (unpaired) electrons.